The third-order valence-electron chi connectivity index (χ3n) is 4.63. The van der Waals surface area contributed by atoms with Crippen molar-refractivity contribution >= 4 is 24.2 Å². The van der Waals surface area contributed by atoms with Gasteiger partial charge in [0.05, 0.1) is 12.2 Å². The van der Waals surface area contributed by atoms with Crippen LogP contribution in [-0.2, 0) is 16.0 Å². The molecule has 0 aromatic heterocycles. The predicted octanol–water partition coefficient (Wildman–Crippen LogP) is 6.07. The number of hydrogen-bond donors (Lipinski definition) is 0. The van der Waals surface area contributed by atoms with Crippen molar-refractivity contribution in [3.05, 3.63) is 77.5 Å². The first-order chi connectivity index (χ1) is 15.9. The van der Waals surface area contributed by atoms with Gasteiger partial charge in [-0.15, -0.1) is 4.99 Å². The number of amides is 2. The van der Waals surface area contributed by atoms with E-state index in [4.69, 9.17) is 9.47 Å². The topological polar surface area (TPSA) is 71.4 Å². The number of carbonyl (C=O) groups is 2. The summed E-state index contributed by atoms with van der Waals surface area (Å²) in [6.07, 6.45) is 0.530. The zero-order chi connectivity index (χ0) is 24.9. The lowest BCUT2D eigenvalue weighted by atomic mass is 10.2. The van der Waals surface area contributed by atoms with Crippen molar-refractivity contribution in [2.24, 2.45) is 4.99 Å². The first-order valence-corrected chi connectivity index (χ1v) is 11.3. The van der Waals surface area contributed by atoms with Gasteiger partial charge in [-0.2, -0.15) is 0 Å². The van der Waals surface area contributed by atoms with Crippen LogP contribution in [0.25, 0.3) is 6.08 Å². The molecule has 0 unspecified atom stereocenters. The highest BCUT2D eigenvalue weighted by Gasteiger charge is 2.39. The standard InChI is InChI=1S/C27H33N3O4/c1-26(2,3)33-24(31)28-23-29(18-21-15-11-8-12-16-21)19-22(17-20-13-9-7-10-14-20)30(23)25(32)34-27(4,5)6/h7-17H,18-19H2,1-6H3/b22-17-,28-23+. The second-order valence-electron chi connectivity index (χ2n) is 10.1. The summed E-state index contributed by atoms with van der Waals surface area (Å²) in [5.41, 5.74) is 1.15. The van der Waals surface area contributed by atoms with Gasteiger partial charge in [0.15, 0.2) is 0 Å². The predicted molar refractivity (Wildman–Crippen MR) is 133 cm³/mol. The van der Waals surface area contributed by atoms with Crippen molar-refractivity contribution in [3.63, 3.8) is 0 Å². The van der Waals surface area contributed by atoms with Crippen LogP contribution in [0.15, 0.2) is 71.4 Å². The van der Waals surface area contributed by atoms with E-state index in [0.29, 0.717) is 18.8 Å². The number of carbonyl (C=O) groups excluding carboxylic acids is 2. The highest BCUT2D eigenvalue weighted by atomic mass is 16.6. The molecular formula is C27H33N3O4. The SMILES string of the molecule is CC(C)(C)OC(=O)/N=C1\N(Cc2ccccc2)C/C(=C/c2ccccc2)N1C(=O)OC(C)(C)C. The molecule has 1 saturated heterocycles. The fourth-order valence-corrected chi connectivity index (χ4v) is 3.38. The van der Waals surface area contributed by atoms with E-state index in [1.54, 1.807) is 41.5 Å². The second kappa shape index (κ2) is 10.1. The molecule has 0 atom stereocenters. The molecule has 0 radical (unpaired) electrons. The zero-order valence-electron chi connectivity index (χ0n) is 20.7. The van der Waals surface area contributed by atoms with Crippen LogP contribution in [0.1, 0.15) is 52.7 Å². The fourth-order valence-electron chi connectivity index (χ4n) is 3.38. The van der Waals surface area contributed by atoms with E-state index in [-0.39, 0.29) is 5.96 Å². The number of ether oxygens (including phenoxy) is 2. The van der Waals surface area contributed by atoms with Gasteiger partial charge in [-0.05, 0) is 58.7 Å². The molecule has 0 aliphatic carbocycles. The first-order valence-electron chi connectivity index (χ1n) is 11.3. The molecule has 2 amide bonds. The van der Waals surface area contributed by atoms with E-state index in [2.05, 4.69) is 4.99 Å². The van der Waals surface area contributed by atoms with Gasteiger partial charge in [0.2, 0.25) is 5.96 Å². The van der Waals surface area contributed by atoms with Crippen LogP contribution in [0.2, 0.25) is 0 Å². The van der Waals surface area contributed by atoms with Gasteiger partial charge in [-0.1, -0.05) is 60.7 Å². The first kappa shape index (κ1) is 25.0. The molecule has 7 nitrogen and oxygen atoms in total. The van der Waals surface area contributed by atoms with Gasteiger partial charge in [-0.3, -0.25) is 0 Å². The summed E-state index contributed by atoms with van der Waals surface area (Å²) in [5, 5.41) is 0. The number of hydrogen-bond acceptors (Lipinski definition) is 4. The van der Waals surface area contributed by atoms with Crippen molar-refractivity contribution in [1.29, 1.82) is 0 Å². The molecule has 0 N–H and O–H groups in total. The van der Waals surface area contributed by atoms with Crippen LogP contribution >= 0.6 is 0 Å². The summed E-state index contributed by atoms with van der Waals surface area (Å²) >= 11 is 0. The Morgan fingerprint density at radius 3 is 2.00 bits per heavy atom. The smallest absolute Gasteiger partial charge is 0.437 e. The maximum atomic E-state index is 13.3. The molecule has 2 aromatic rings. The van der Waals surface area contributed by atoms with E-state index < -0.39 is 23.4 Å². The zero-order valence-corrected chi connectivity index (χ0v) is 20.7. The Labute approximate surface area is 201 Å². The van der Waals surface area contributed by atoms with E-state index in [0.717, 1.165) is 11.1 Å². The van der Waals surface area contributed by atoms with Crippen LogP contribution in [-0.4, -0.2) is 45.7 Å². The largest absolute Gasteiger partial charge is 0.443 e. The quantitative estimate of drug-likeness (QED) is 0.552. The fraction of sp³-hybridized carbons (Fsp3) is 0.370. The molecule has 1 fully saturated rings. The van der Waals surface area contributed by atoms with Gasteiger partial charge in [0.25, 0.3) is 0 Å². The second-order valence-corrected chi connectivity index (χ2v) is 10.1. The Bertz CT molecular complexity index is 1060. The van der Waals surface area contributed by atoms with Crippen LogP contribution in [0.4, 0.5) is 9.59 Å². The monoisotopic (exact) mass is 463 g/mol. The minimum atomic E-state index is -0.768. The van der Waals surface area contributed by atoms with Crippen molar-refractivity contribution in [3.8, 4) is 0 Å². The van der Waals surface area contributed by atoms with Crippen molar-refractivity contribution < 1.29 is 19.1 Å². The summed E-state index contributed by atoms with van der Waals surface area (Å²) in [5.74, 6) is 0.175. The minimum Gasteiger partial charge on any atom is -0.443 e. The van der Waals surface area contributed by atoms with E-state index >= 15 is 0 Å². The lowest BCUT2D eigenvalue weighted by Crippen LogP contribution is -2.41. The Balaban J connectivity index is 2.07. The van der Waals surface area contributed by atoms with E-state index in [1.807, 2.05) is 71.6 Å². The van der Waals surface area contributed by atoms with Gasteiger partial charge in [-0.25, -0.2) is 14.5 Å². The normalized spacial score (nSPS) is 16.8. The van der Waals surface area contributed by atoms with Crippen molar-refractivity contribution in [2.45, 2.75) is 59.3 Å². The lowest BCUT2D eigenvalue weighted by Gasteiger charge is -2.26. The Hall–Kier alpha value is -3.61. The molecule has 7 heteroatoms. The molecule has 0 spiro atoms. The number of guanidine groups is 1. The number of nitrogens with zero attached hydrogens (tertiary/aromatic N) is 3. The average molecular weight is 464 g/mol. The maximum Gasteiger partial charge on any atom is 0.437 e. The summed E-state index contributed by atoms with van der Waals surface area (Å²) in [6.45, 7) is 11.5. The van der Waals surface area contributed by atoms with Crippen LogP contribution in [0.3, 0.4) is 0 Å². The highest BCUT2D eigenvalue weighted by Crippen LogP contribution is 2.27. The number of rotatable bonds is 3. The molecule has 0 bridgehead atoms. The number of benzene rings is 2. The molecule has 1 aliphatic heterocycles. The van der Waals surface area contributed by atoms with Crippen LogP contribution < -0.4 is 0 Å². The molecule has 180 valence electrons. The summed E-state index contributed by atoms with van der Waals surface area (Å²) < 4.78 is 11.1. The van der Waals surface area contributed by atoms with Crippen molar-refractivity contribution in [2.75, 3.05) is 6.54 Å². The molecule has 2 aromatic carbocycles. The van der Waals surface area contributed by atoms with E-state index in [9.17, 15) is 9.59 Å². The van der Waals surface area contributed by atoms with Gasteiger partial charge in [0, 0.05) is 6.54 Å². The molecule has 3 rings (SSSR count). The highest BCUT2D eigenvalue weighted by molar-refractivity contribution is 6.03. The van der Waals surface area contributed by atoms with Gasteiger partial charge in [0.1, 0.15) is 11.2 Å². The number of aliphatic imine (C=N–C) groups is 1. The molecule has 0 saturated carbocycles. The molecule has 1 heterocycles. The Morgan fingerprint density at radius 1 is 0.882 bits per heavy atom. The third kappa shape index (κ3) is 7.20. The molecule has 1 aliphatic rings. The van der Waals surface area contributed by atoms with Crippen molar-refractivity contribution in [1.82, 2.24) is 9.80 Å². The maximum absolute atomic E-state index is 13.3. The third-order valence-corrected chi connectivity index (χ3v) is 4.63. The van der Waals surface area contributed by atoms with Crippen LogP contribution in [0.5, 0.6) is 0 Å². The Kier molecular flexibility index (Phi) is 7.44. The lowest BCUT2D eigenvalue weighted by molar-refractivity contribution is 0.0416. The van der Waals surface area contributed by atoms with Gasteiger partial charge >= 0.3 is 12.2 Å². The summed E-state index contributed by atoms with van der Waals surface area (Å²) in [4.78, 5) is 33.5. The van der Waals surface area contributed by atoms with E-state index in [1.165, 1.54) is 4.90 Å². The average Bonchev–Trinajstić information content (AvgIpc) is 3.03. The molecule has 34 heavy (non-hydrogen) atoms. The van der Waals surface area contributed by atoms with Crippen LogP contribution in [0, 0.1) is 0 Å². The minimum absolute atomic E-state index is 0.175. The Morgan fingerprint density at radius 2 is 1.44 bits per heavy atom. The summed E-state index contributed by atoms with van der Waals surface area (Å²) in [6, 6.07) is 19.5. The van der Waals surface area contributed by atoms with Gasteiger partial charge < -0.3 is 14.4 Å². The summed E-state index contributed by atoms with van der Waals surface area (Å²) in [7, 11) is 0. The molecular weight excluding hydrogens is 430 g/mol.